The van der Waals surface area contributed by atoms with Crippen LogP contribution in [0.2, 0.25) is 10.0 Å². The number of aryl methyl sites for hydroxylation is 1. The van der Waals surface area contributed by atoms with Crippen molar-refractivity contribution in [2.24, 2.45) is 0 Å². The number of esters is 1. The summed E-state index contributed by atoms with van der Waals surface area (Å²) in [6, 6.07) is 16.5. The van der Waals surface area contributed by atoms with Gasteiger partial charge in [0.15, 0.2) is 0 Å². The monoisotopic (exact) mass is 484 g/mol. The Morgan fingerprint density at radius 3 is 2.36 bits per heavy atom. The van der Waals surface area contributed by atoms with E-state index in [0.717, 1.165) is 5.56 Å². The van der Waals surface area contributed by atoms with Crippen molar-refractivity contribution in [2.75, 3.05) is 7.11 Å². The molecule has 3 aromatic carbocycles. The maximum Gasteiger partial charge on any atom is 0.337 e. The van der Waals surface area contributed by atoms with Crippen LogP contribution in [0.1, 0.15) is 21.7 Å². The van der Waals surface area contributed by atoms with Gasteiger partial charge >= 0.3 is 5.97 Å². The van der Waals surface area contributed by atoms with Crippen molar-refractivity contribution in [3.05, 3.63) is 97.8 Å². The number of ether oxygens (including phenoxy) is 3. The van der Waals surface area contributed by atoms with Gasteiger partial charge in [0.2, 0.25) is 11.2 Å². The first-order chi connectivity index (χ1) is 15.9. The normalized spacial score (nSPS) is 10.8. The van der Waals surface area contributed by atoms with Crippen molar-refractivity contribution >= 4 is 40.1 Å². The molecule has 6 nitrogen and oxygen atoms in total. The lowest BCUT2D eigenvalue weighted by molar-refractivity contribution is 0.0600. The van der Waals surface area contributed by atoms with Gasteiger partial charge in [-0.15, -0.1) is 0 Å². The number of carbonyl (C=O) groups is 1. The minimum atomic E-state index is -0.458. The third-order valence-corrected chi connectivity index (χ3v) is 5.61. The van der Waals surface area contributed by atoms with E-state index < -0.39 is 5.97 Å². The summed E-state index contributed by atoms with van der Waals surface area (Å²) in [6.45, 7) is 1.91. The lowest BCUT2D eigenvalue weighted by atomic mass is 10.2. The maximum atomic E-state index is 13.0. The second kappa shape index (κ2) is 9.57. The van der Waals surface area contributed by atoms with Gasteiger partial charge in [-0.1, -0.05) is 29.3 Å². The SMILES string of the molecule is COC(=O)c1ccc(Oc2c(C)oc3cc(OCc4ccc(Cl)c(Cl)c4)ccc3c2=O)cc1. The summed E-state index contributed by atoms with van der Waals surface area (Å²) in [6.07, 6.45) is 0. The molecule has 0 saturated carbocycles. The molecule has 0 aliphatic carbocycles. The molecule has 168 valence electrons. The zero-order valence-electron chi connectivity index (χ0n) is 17.7. The average molecular weight is 485 g/mol. The zero-order valence-corrected chi connectivity index (χ0v) is 19.2. The Hall–Kier alpha value is -3.48. The molecule has 4 aromatic rings. The Kier molecular flexibility index (Phi) is 6.58. The Balaban J connectivity index is 1.56. The second-order valence-electron chi connectivity index (χ2n) is 7.13. The van der Waals surface area contributed by atoms with Crippen molar-refractivity contribution < 1.29 is 23.4 Å². The number of benzene rings is 3. The topological polar surface area (TPSA) is 75.0 Å². The molecule has 0 fully saturated rings. The highest BCUT2D eigenvalue weighted by molar-refractivity contribution is 6.42. The number of carbonyl (C=O) groups excluding carboxylic acids is 1. The fraction of sp³-hybridized carbons (Fsp3) is 0.120. The third kappa shape index (κ3) is 4.97. The van der Waals surface area contributed by atoms with E-state index in [1.165, 1.54) is 7.11 Å². The highest BCUT2D eigenvalue weighted by Crippen LogP contribution is 2.28. The predicted molar refractivity (Wildman–Crippen MR) is 126 cm³/mol. The van der Waals surface area contributed by atoms with E-state index in [1.54, 1.807) is 61.5 Å². The summed E-state index contributed by atoms with van der Waals surface area (Å²) < 4.78 is 22.1. The van der Waals surface area contributed by atoms with E-state index in [0.29, 0.717) is 43.8 Å². The number of halogens is 2. The van der Waals surface area contributed by atoms with Crippen LogP contribution in [0.5, 0.6) is 17.2 Å². The molecule has 0 bridgehead atoms. The van der Waals surface area contributed by atoms with E-state index in [2.05, 4.69) is 4.74 Å². The summed E-state index contributed by atoms with van der Waals surface area (Å²) in [5, 5.41) is 1.27. The minimum absolute atomic E-state index is 0.0674. The largest absolute Gasteiger partial charge is 0.489 e. The van der Waals surface area contributed by atoms with Gasteiger partial charge in [-0.25, -0.2) is 4.79 Å². The van der Waals surface area contributed by atoms with Crippen LogP contribution < -0.4 is 14.9 Å². The molecule has 33 heavy (non-hydrogen) atoms. The number of rotatable bonds is 6. The van der Waals surface area contributed by atoms with Crippen molar-refractivity contribution in [1.82, 2.24) is 0 Å². The van der Waals surface area contributed by atoms with E-state index in [-0.39, 0.29) is 17.8 Å². The van der Waals surface area contributed by atoms with Crippen LogP contribution in [0, 0.1) is 6.92 Å². The van der Waals surface area contributed by atoms with E-state index in [1.807, 2.05) is 6.07 Å². The third-order valence-electron chi connectivity index (χ3n) is 4.87. The molecule has 0 unspecified atom stereocenters. The molecule has 1 aromatic heterocycles. The molecule has 0 amide bonds. The average Bonchev–Trinajstić information content (AvgIpc) is 2.82. The lowest BCUT2D eigenvalue weighted by Gasteiger charge is -2.11. The van der Waals surface area contributed by atoms with Gasteiger partial charge in [-0.2, -0.15) is 0 Å². The van der Waals surface area contributed by atoms with Gasteiger partial charge in [-0.3, -0.25) is 4.79 Å². The molecule has 0 atom stereocenters. The molecule has 0 N–H and O–H groups in total. The van der Waals surface area contributed by atoms with Crippen LogP contribution in [-0.2, 0) is 11.3 Å². The van der Waals surface area contributed by atoms with Crippen molar-refractivity contribution in [1.29, 1.82) is 0 Å². The van der Waals surface area contributed by atoms with Gasteiger partial charge in [0.05, 0.1) is 28.1 Å². The number of hydrogen-bond donors (Lipinski definition) is 0. The van der Waals surface area contributed by atoms with Crippen molar-refractivity contribution in [2.45, 2.75) is 13.5 Å². The van der Waals surface area contributed by atoms with Gasteiger partial charge in [0, 0.05) is 6.07 Å². The quantitative estimate of drug-likeness (QED) is 0.288. The smallest absolute Gasteiger partial charge is 0.337 e. The molecule has 0 radical (unpaired) electrons. The fourth-order valence-electron chi connectivity index (χ4n) is 3.17. The number of fused-ring (bicyclic) bond motifs is 1. The Morgan fingerprint density at radius 1 is 0.939 bits per heavy atom. The highest BCUT2D eigenvalue weighted by Gasteiger charge is 2.15. The molecule has 8 heteroatoms. The van der Waals surface area contributed by atoms with Crippen LogP contribution in [-0.4, -0.2) is 13.1 Å². The molecular weight excluding hydrogens is 467 g/mol. The summed E-state index contributed by atoms with van der Waals surface area (Å²) in [4.78, 5) is 24.6. The summed E-state index contributed by atoms with van der Waals surface area (Å²) in [7, 11) is 1.31. The van der Waals surface area contributed by atoms with Crippen molar-refractivity contribution in [3.63, 3.8) is 0 Å². The molecule has 0 aliphatic heterocycles. The molecule has 0 spiro atoms. The second-order valence-corrected chi connectivity index (χ2v) is 7.94. The Morgan fingerprint density at radius 2 is 1.67 bits per heavy atom. The van der Waals surface area contributed by atoms with E-state index >= 15 is 0 Å². The van der Waals surface area contributed by atoms with Gasteiger partial charge in [0.25, 0.3) is 0 Å². The predicted octanol–water partition coefficient (Wildman–Crippen LogP) is 6.57. The van der Waals surface area contributed by atoms with Crippen LogP contribution in [0.4, 0.5) is 0 Å². The maximum absolute atomic E-state index is 13.0. The first-order valence-electron chi connectivity index (χ1n) is 9.86. The van der Waals surface area contributed by atoms with Gasteiger partial charge < -0.3 is 18.6 Å². The van der Waals surface area contributed by atoms with Gasteiger partial charge in [0.1, 0.15) is 29.4 Å². The standard InChI is InChI=1S/C25H18Cl2O6/c1-14-24(33-17-6-4-16(5-7-17)25(29)30-2)23(28)19-9-8-18(12-22(19)32-14)31-13-15-3-10-20(26)21(27)11-15/h3-12H,13H2,1-2H3. The molecule has 1 heterocycles. The highest BCUT2D eigenvalue weighted by atomic mass is 35.5. The molecule has 0 aliphatic rings. The summed E-state index contributed by atoms with van der Waals surface area (Å²) in [5.74, 6) is 0.839. The van der Waals surface area contributed by atoms with E-state index in [4.69, 9.17) is 37.1 Å². The molecule has 0 saturated heterocycles. The van der Waals surface area contributed by atoms with Gasteiger partial charge in [-0.05, 0) is 61.0 Å². The fourth-order valence-corrected chi connectivity index (χ4v) is 3.49. The Bertz CT molecular complexity index is 1390. The summed E-state index contributed by atoms with van der Waals surface area (Å²) in [5.41, 5.74) is 1.28. The van der Waals surface area contributed by atoms with Crippen molar-refractivity contribution in [3.8, 4) is 17.2 Å². The lowest BCUT2D eigenvalue weighted by Crippen LogP contribution is -2.08. The first kappa shape index (κ1) is 22.7. The van der Waals surface area contributed by atoms with E-state index in [9.17, 15) is 9.59 Å². The van der Waals surface area contributed by atoms with Crippen LogP contribution in [0.25, 0.3) is 11.0 Å². The molecular formula is C25H18Cl2O6. The number of hydrogen-bond acceptors (Lipinski definition) is 6. The van der Waals surface area contributed by atoms with Crippen LogP contribution in [0.3, 0.4) is 0 Å². The van der Waals surface area contributed by atoms with Crippen LogP contribution in [0.15, 0.2) is 69.9 Å². The molecule has 4 rings (SSSR count). The first-order valence-corrected chi connectivity index (χ1v) is 10.6. The Labute approximate surface area is 199 Å². The minimum Gasteiger partial charge on any atom is -0.489 e. The number of methoxy groups -OCH3 is 1. The van der Waals surface area contributed by atoms with Crippen LogP contribution >= 0.6 is 23.2 Å². The zero-order chi connectivity index (χ0) is 23.5. The summed E-state index contributed by atoms with van der Waals surface area (Å²) >= 11 is 12.0.